The Morgan fingerprint density at radius 3 is 2.96 bits per heavy atom. The average molecular weight is 399 g/mol. The van der Waals surface area contributed by atoms with E-state index in [9.17, 15) is 4.79 Å². The van der Waals surface area contributed by atoms with Crippen LogP contribution in [-0.2, 0) is 4.79 Å². The van der Waals surface area contributed by atoms with E-state index >= 15 is 0 Å². The van der Waals surface area contributed by atoms with E-state index < -0.39 is 5.91 Å². The van der Waals surface area contributed by atoms with Gasteiger partial charge in [-0.3, -0.25) is 10.2 Å². The van der Waals surface area contributed by atoms with Crippen molar-refractivity contribution in [2.24, 2.45) is 10.1 Å². The van der Waals surface area contributed by atoms with Crippen LogP contribution < -0.4 is 0 Å². The fourth-order valence-corrected chi connectivity index (χ4v) is 3.89. The van der Waals surface area contributed by atoms with Crippen LogP contribution >= 0.6 is 23.4 Å². The van der Waals surface area contributed by atoms with Crippen molar-refractivity contribution in [2.75, 3.05) is 0 Å². The van der Waals surface area contributed by atoms with Gasteiger partial charge in [0, 0.05) is 10.6 Å². The van der Waals surface area contributed by atoms with Crippen molar-refractivity contribution in [2.45, 2.75) is 19.8 Å². The third-order valence-corrected chi connectivity index (χ3v) is 5.19. The van der Waals surface area contributed by atoms with Crippen LogP contribution in [0.5, 0.6) is 0 Å². The van der Waals surface area contributed by atoms with Crippen molar-refractivity contribution < 1.29 is 9.21 Å². The Hall–Kier alpha value is -2.64. The molecule has 0 aliphatic carbocycles. The molecule has 8 heteroatoms. The third kappa shape index (κ3) is 3.48. The number of amides is 1. The molecule has 0 unspecified atom stereocenters. The topological polar surface area (TPSA) is 82.0 Å². The van der Waals surface area contributed by atoms with Crippen LogP contribution in [0.4, 0.5) is 0 Å². The van der Waals surface area contributed by atoms with Crippen molar-refractivity contribution in [3.8, 4) is 11.3 Å². The number of hydrogen-bond donors (Lipinski definition) is 1. The standard InChI is InChI=1S/C19H15ClN4O2S/c1-2-4-16-23-24-17(21)14(18(25)22-19(24)27-16)10-13-7-8-15(26-13)11-5-3-6-12(20)9-11/h3,5-10,21H,2,4H2,1H3/b14-10-,21-17?. The predicted octanol–water partition coefficient (Wildman–Crippen LogP) is 5.02. The molecule has 0 saturated carbocycles. The molecule has 1 aromatic heterocycles. The molecule has 1 aromatic carbocycles. The Balaban J connectivity index is 1.63. The highest BCUT2D eigenvalue weighted by Gasteiger charge is 2.35. The maximum absolute atomic E-state index is 12.4. The van der Waals surface area contributed by atoms with Gasteiger partial charge in [0.2, 0.25) is 5.17 Å². The maximum atomic E-state index is 12.4. The fourth-order valence-electron chi connectivity index (χ4n) is 2.72. The predicted molar refractivity (Wildman–Crippen MR) is 109 cm³/mol. The van der Waals surface area contributed by atoms with Gasteiger partial charge in [-0.15, -0.1) is 0 Å². The number of thioether (sulfide) groups is 1. The van der Waals surface area contributed by atoms with Crippen LogP contribution in [0.2, 0.25) is 5.02 Å². The Bertz CT molecular complexity index is 1040. The van der Waals surface area contributed by atoms with Gasteiger partial charge in [0.15, 0.2) is 5.84 Å². The van der Waals surface area contributed by atoms with Gasteiger partial charge in [0.1, 0.15) is 16.6 Å². The number of fused-ring (bicyclic) bond motifs is 1. The van der Waals surface area contributed by atoms with Crippen LogP contribution in [0, 0.1) is 5.41 Å². The van der Waals surface area contributed by atoms with Gasteiger partial charge in [0.25, 0.3) is 5.91 Å². The molecule has 0 spiro atoms. The van der Waals surface area contributed by atoms with E-state index in [1.54, 1.807) is 24.3 Å². The lowest BCUT2D eigenvalue weighted by Gasteiger charge is -2.19. The summed E-state index contributed by atoms with van der Waals surface area (Å²) in [5.74, 6) is 0.626. The molecule has 27 heavy (non-hydrogen) atoms. The maximum Gasteiger partial charge on any atom is 0.283 e. The minimum Gasteiger partial charge on any atom is -0.457 e. The first kappa shape index (κ1) is 17.8. The first-order valence-corrected chi connectivity index (χ1v) is 9.59. The molecule has 0 saturated heterocycles. The molecule has 4 rings (SSSR count). The Morgan fingerprint density at radius 2 is 2.19 bits per heavy atom. The molecule has 2 aliphatic heterocycles. The number of nitrogens with zero attached hydrogens (tertiary/aromatic N) is 3. The average Bonchev–Trinajstić information content (AvgIpc) is 3.26. The van der Waals surface area contributed by atoms with Crippen molar-refractivity contribution in [1.82, 2.24) is 5.01 Å². The number of benzene rings is 1. The summed E-state index contributed by atoms with van der Waals surface area (Å²) in [6.45, 7) is 2.05. The largest absolute Gasteiger partial charge is 0.457 e. The zero-order valence-corrected chi connectivity index (χ0v) is 16.0. The number of nitrogens with one attached hydrogen (secondary N) is 1. The van der Waals surface area contributed by atoms with Gasteiger partial charge in [-0.2, -0.15) is 15.1 Å². The number of carbonyl (C=O) groups excluding carboxylic acids is 1. The van der Waals surface area contributed by atoms with Gasteiger partial charge in [-0.05, 0) is 54.9 Å². The van der Waals surface area contributed by atoms with Crippen LogP contribution in [0.3, 0.4) is 0 Å². The second kappa shape index (κ2) is 7.17. The molecular formula is C19H15ClN4O2S. The first-order chi connectivity index (χ1) is 13.0. The normalized spacial score (nSPS) is 18.0. The van der Waals surface area contributed by atoms with E-state index in [1.807, 2.05) is 12.1 Å². The number of hydrogen-bond acceptors (Lipinski definition) is 5. The molecule has 0 radical (unpaired) electrons. The first-order valence-electron chi connectivity index (χ1n) is 8.40. The molecule has 1 N–H and O–H groups in total. The summed E-state index contributed by atoms with van der Waals surface area (Å²) >= 11 is 7.36. The highest BCUT2D eigenvalue weighted by molar-refractivity contribution is 8.26. The SMILES string of the molecule is CCCC1=NN2C(=N)/C(=C/c3ccc(-c4cccc(Cl)c4)o3)C(=O)N=C2S1. The molecule has 2 aromatic rings. The Morgan fingerprint density at radius 1 is 1.33 bits per heavy atom. The summed E-state index contributed by atoms with van der Waals surface area (Å²) in [6, 6.07) is 10.9. The Kier molecular flexibility index (Phi) is 4.72. The van der Waals surface area contributed by atoms with Gasteiger partial charge >= 0.3 is 0 Å². The second-order valence-electron chi connectivity index (χ2n) is 5.98. The van der Waals surface area contributed by atoms with Crippen molar-refractivity contribution in [1.29, 1.82) is 5.41 Å². The quantitative estimate of drug-likeness (QED) is 0.733. The van der Waals surface area contributed by atoms with Crippen LogP contribution in [0.25, 0.3) is 17.4 Å². The number of hydrazone groups is 1. The number of amidine groups is 2. The molecule has 1 amide bonds. The summed E-state index contributed by atoms with van der Waals surface area (Å²) in [7, 11) is 0. The van der Waals surface area contributed by atoms with E-state index in [4.69, 9.17) is 21.4 Å². The lowest BCUT2D eigenvalue weighted by molar-refractivity contribution is -0.114. The van der Waals surface area contributed by atoms with Gasteiger partial charge in [-0.25, -0.2) is 0 Å². The van der Waals surface area contributed by atoms with E-state index in [2.05, 4.69) is 17.0 Å². The molecule has 0 fully saturated rings. The number of halogens is 1. The molecule has 136 valence electrons. The number of carbonyl (C=O) groups is 1. The summed E-state index contributed by atoms with van der Waals surface area (Å²) in [5, 5.41) is 16.1. The minimum atomic E-state index is -0.465. The third-order valence-electron chi connectivity index (χ3n) is 3.98. The smallest absolute Gasteiger partial charge is 0.283 e. The van der Waals surface area contributed by atoms with E-state index in [-0.39, 0.29) is 11.4 Å². The second-order valence-corrected chi connectivity index (χ2v) is 7.45. The van der Waals surface area contributed by atoms with Crippen LogP contribution in [0.15, 0.2) is 56.5 Å². The van der Waals surface area contributed by atoms with Crippen molar-refractivity contribution >= 4 is 51.4 Å². The number of aliphatic imine (C=N–C) groups is 1. The Labute approximate surface area is 165 Å². The highest BCUT2D eigenvalue weighted by atomic mass is 35.5. The van der Waals surface area contributed by atoms with Gasteiger partial charge in [0.05, 0.1) is 5.57 Å². The summed E-state index contributed by atoms with van der Waals surface area (Å²) in [5.41, 5.74) is 0.982. The lowest BCUT2D eigenvalue weighted by atomic mass is 10.1. The molecule has 6 nitrogen and oxygen atoms in total. The molecule has 0 bridgehead atoms. The molecule has 0 atom stereocenters. The molecule has 3 heterocycles. The molecule has 2 aliphatic rings. The lowest BCUT2D eigenvalue weighted by Crippen LogP contribution is -2.35. The van der Waals surface area contributed by atoms with Crippen molar-refractivity contribution in [3.05, 3.63) is 52.8 Å². The van der Waals surface area contributed by atoms with E-state index in [1.165, 1.54) is 22.8 Å². The monoisotopic (exact) mass is 398 g/mol. The summed E-state index contributed by atoms with van der Waals surface area (Å²) in [6.07, 6.45) is 3.26. The fraction of sp³-hybridized carbons (Fsp3) is 0.158. The van der Waals surface area contributed by atoms with Crippen LogP contribution in [0.1, 0.15) is 25.5 Å². The minimum absolute atomic E-state index is 0.00399. The van der Waals surface area contributed by atoms with E-state index in [0.29, 0.717) is 21.7 Å². The van der Waals surface area contributed by atoms with Gasteiger partial charge < -0.3 is 4.42 Å². The summed E-state index contributed by atoms with van der Waals surface area (Å²) in [4.78, 5) is 16.5. The van der Waals surface area contributed by atoms with Gasteiger partial charge in [-0.1, -0.05) is 30.7 Å². The summed E-state index contributed by atoms with van der Waals surface area (Å²) < 4.78 is 5.80. The van der Waals surface area contributed by atoms with Crippen LogP contribution in [-0.4, -0.2) is 27.0 Å². The van der Waals surface area contributed by atoms with Crippen molar-refractivity contribution in [3.63, 3.8) is 0 Å². The molecular weight excluding hydrogens is 384 g/mol. The highest BCUT2D eigenvalue weighted by Crippen LogP contribution is 2.31. The number of furan rings is 1. The van der Waals surface area contributed by atoms with E-state index in [0.717, 1.165) is 23.4 Å². The zero-order valence-electron chi connectivity index (χ0n) is 14.4. The zero-order chi connectivity index (χ0) is 19.0. The number of rotatable bonds is 4.